The third-order valence-electron chi connectivity index (χ3n) is 5.22. The number of nitrogens with one attached hydrogen (secondary N) is 1. The van der Waals surface area contributed by atoms with Crippen LogP contribution in [0, 0.1) is 11.8 Å². The number of hydrogen-bond donors (Lipinski definition) is 2. The highest BCUT2D eigenvalue weighted by atomic mass is 16.4. The molecule has 2 aromatic rings. The van der Waals surface area contributed by atoms with Gasteiger partial charge in [0.15, 0.2) is 0 Å². The van der Waals surface area contributed by atoms with Gasteiger partial charge >= 0.3 is 5.97 Å². The average molecular weight is 464 g/mol. The predicted molar refractivity (Wildman–Crippen MR) is 135 cm³/mol. The number of likely N-dealkylation sites (N-methyl/N-ethyl adjacent to an activating group) is 1. The molecule has 1 aliphatic heterocycles. The van der Waals surface area contributed by atoms with Crippen LogP contribution in [0.3, 0.4) is 0 Å². The van der Waals surface area contributed by atoms with Crippen LogP contribution in [0.4, 0.5) is 5.69 Å². The molecule has 0 saturated carbocycles. The molecule has 0 aliphatic carbocycles. The average Bonchev–Trinajstić information content (AvgIpc) is 2.90. The second-order valence-corrected chi connectivity index (χ2v) is 8.50. The van der Waals surface area contributed by atoms with Crippen molar-refractivity contribution in [3.8, 4) is 0 Å². The van der Waals surface area contributed by atoms with Crippen molar-refractivity contribution in [1.29, 1.82) is 0 Å². The number of benzene rings is 2. The summed E-state index contributed by atoms with van der Waals surface area (Å²) >= 11 is 0. The van der Waals surface area contributed by atoms with Gasteiger partial charge in [-0.25, -0.2) is 4.99 Å². The molecule has 3 rings (SSSR count). The highest BCUT2D eigenvalue weighted by Crippen LogP contribution is 2.27. The number of rotatable bonds is 7. The Hall–Kier alpha value is -3.74. The molecular weight excluding hydrogens is 430 g/mol. The Kier molecular flexibility index (Phi) is 9.74. The van der Waals surface area contributed by atoms with Crippen molar-refractivity contribution in [2.75, 3.05) is 11.9 Å². The quantitative estimate of drug-likeness (QED) is 0.599. The van der Waals surface area contributed by atoms with E-state index in [1.807, 2.05) is 75.4 Å². The zero-order valence-corrected chi connectivity index (χ0v) is 20.2. The Morgan fingerprint density at radius 3 is 2.32 bits per heavy atom. The number of carboxylic acids is 1. The number of carboxylic acid groups (broad SMARTS) is 1. The largest absolute Gasteiger partial charge is 0.481 e. The zero-order chi connectivity index (χ0) is 25.3. The number of hydrogen-bond acceptors (Lipinski definition) is 4. The van der Waals surface area contributed by atoms with E-state index in [0.29, 0.717) is 17.8 Å². The van der Waals surface area contributed by atoms with Crippen LogP contribution >= 0.6 is 0 Å². The number of aliphatic imine (C=N–C) groups is 1. The van der Waals surface area contributed by atoms with Crippen LogP contribution in [-0.4, -0.2) is 41.8 Å². The summed E-state index contributed by atoms with van der Waals surface area (Å²) in [7, 11) is 1.65. The number of anilines is 1. The van der Waals surface area contributed by atoms with Crippen LogP contribution in [-0.2, 0) is 14.4 Å². The summed E-state index contributed by atoms with van der Waals surface area (Å²) in [5.74, 6) is -2.52. The van der Waals surface area contributed by atoms with Gasteiger partial charge in [0.05, 0.1) is 17.8 Å². The Morgan fingerprint density at radius 2 is 1.74 bits per heavy atom. The standard InChI is InChI=1S/C24H27N3O4.C3H6/c1-15(2)13-17(14-20(28)29)23(30)26-22-24(31)27(3)19-12-8-7-11-18(19)21(25-22)16-9-5-4-6-10-16;1-3-2/h4-12,15,17,22H,13-14H2,1-3H3,(H,26,30)(H,28,29);3H,1H2,2H3. The number of fused-ring (bicyclic) bond motifs is 1. The van der Waals surface area contributed by atoms with Crippen LogP contribution in [0.1, 0.15) is 44.7 Å². The summed E-state index contributed by atoms with van der Waals surface area (Å²) in [6, 6.07) is 16.9. The first-order valence-corrected chi connectivity index (χ1v) is 11.3. The van der Waals surface area contributed by atoms with E-state index in [4.69, 9.17) is 0 Å². The number of amides is 2. The molecule has 180 valence electrons. The van der Waals surface area contributed by atoms with Gasteiger partial charge in [-0.2, -0.15) is 0 Å². The molecule has 2 amide bonds. The number of carbonyl (C=O) groups is 3. The molecule has 7 nitrogen and oxygen atoms in total. The van der Waals surface area contributed by atoms with Gasteiger partial charge in [-0.05, 0) is 25.3 Å². The number of aliphatic carboxylic acids is 1. The second-order valence-electron chi connectivity index (χ2n) is 8.50. The van der Waals surface area contributed by atoms with Gasteiger partial charge in [-0.3, -0.25) is 14.4 Å². The maximum Gasteiger partial charge on any atom is 0.304 e. The van der Waals surface area contributed by atoms with Crippen molar-refractivity contribution in [2.45, 2.75) is 39.8 Å². The molecule has 34 heavy (non-hydrogen) atoms. The molecular formula is C27H33N3O4. The van der Waals surface area contributed by atoms with Gasteiger partial charge in [0, 0.05) is 24.1 Å². The number of allylic oxidation sites excluding steroid dienone is 1. The molecule has 0 fully saturated rings. The summed E-state index contributed by atoms with van der Waals surface area (Å²) < 4.78 is 0. The molecule has 1 aliphatic rings. The lowest BCUT2D eigenvalue weighted by Gasteiger charge is -2.23. The summed E-state index contributed by atoms with van der Waals surface area (Å²) in [6.07, 6.45) is 0.712. The van der Waals surface area contributed by atoms with E-state index < -0.39 is 24.0 Å². The lowest BCUT2D eigenvalue weighted by Crippen LogP contribution is -2.48. The van der Waals surface area contributed by atoms with Crippen LogP contribution in [0.2, 0.25) is 0 Å². The molecule has 2 unspecified atom stereocenters. The fraction of sp³-hybridized carbons (Fsp3) is 0.333. The Balaban J connectivity index is 0.00000129. The first-order valence-electron chi connectivity index (χ1n) is 11.3. The van der Waals surface area contributed by atoms with Crippen molar-refractivity contribution in [3.05, 3.63) is 78.4 Å². The molecule has 2 aromatic carbocycles. The smallest absolute Gasteiger partial charge is 0.304 e. The van der Waals surface area contributed by atoms with Crippen molar-refractivity contribution in [2.24, 2.45) is 16.8 Å². The van der Waals surface area contributed by atoms with Gasteiger partial charge in [-0.15, -0.1) is 6.58 Å². The Morgan fingerprint density at radius 1 is 1.15 bits per heavy atom. The molecule has 2 N–H and O–H groups in total. The fourth-order valence-corrected chi connectivity index (χ4v) is 3.76. The SMILES string of the molecule is C=CC.CC(C)CC(CC(=O)O)C(=O)NC1N=C(c2ccccc2)c2ccccc2N(C)C1=O. The highest BCUT2D eigenvalue weighted by Gasteiger charge is 2.33. The second kappa shape index (κ2) is 12.5. The third kappa shape index (κ3) is 6.88. The van der Waals surface area contributed by atoms with Gasteiger partial charge in [-0.1, -0.05) is 68.5 Å². The maximum absolute atomic E-state index is 13.2. The predicted octanol–water partition coefficient (Wildman–Crippen LogP) is 4.27. The number of nitrogens with zero attached hydrogens (tertiary/aromatic N) is 2. The lowest BCUT2D eigenvalue weighted by atomic mass is 9.93. The van der Waals surface area contributed by atoms with Gasteiger partial charge < -0.3 is 15.3 Å². The topological polar surface area (TPSA) is 99.1 Å². The van der Waals surface area contributed by atoms with E-state index in [9.17, 15) is 19.5 Å². The van der Waals surface area contributed by atoms with E-state index in [-0.39, 0.29) is 18.2 Å². The molecule has 0 radical (unpaired) electrons. The van der Waals surface area contributed by atoms with Crippen LogP contribution < -0.4 is 10.2 Å². The number of para-hydroxylation sites is 1. The molecule has 0 spiro atoms. The van der Waals surface area contributed by atoms with Crippen molar-refractivity contribution >= 4 is 29.2 Å². The summed E-state index contributed by atoms with van der Waals surface area (Å²) in [6.45, 7) is 9.10. The lowest BCUT2D eigenvalue weighted by molar-refractivity contribution is -0.141. The first-order chi connectivity index (χ1) is 16.2. The number of carbonyl (C=O) groups excluding carboxylic acids is 2. The van der Waals surface area contributed by atoms with E-state index >= 15 is 0 Å². The normalized spacial score (nSPS) is 15.8. The van der Waals surface area contributed by atoms with E-state index in [1.54, 1.807) is 13.1 Å². The fourth-order valence-electron chi connectivity index (χ4n) is 3.76. The first kappa shape index (κ1) is 26.5. The van der Waals surface area contributed by atoms with Gasteiger partial charge in [0.1, 0.15) is 0 Å². The van der Waals surface area contributed by atoms with Crippen LogP contribution in [0.5, 0.6) is 0 Å². The number of benzodiazepines with no additional fused rings is 1. The minimum absolute atomic E-state index is 0.134. The molecule has 7 heteroatoms. The van der Waals surface area contributed by atoms with Crippen LogP contribution in [0.15, 0.2) is 72.2 Å². The Bertz CT molecular complexity index is 1050. The molecule has 1 heterocycles. The molecule has 2 atom stereocenters. The minimum Gasteiger partial charge on any atom is -0.481 e. The monoisotopic (exact) mass is 463 g/mol. The van der Waals surface area contributed by atoms with Crippen molar-refractivity contribution in [3.63, 3.8) is 0 Å². The van der Waals surface area contributed by atoms with Gasteiger partial charge in [0.25, 0.3) is 5.91 Å². The van der Waals surface area contributed by atoms with E-state index in [0.717, 1.165) is 11.1 Å². The van der Waals surface area contributed by atoms with Gasteiger partial charge in [0.2, 0.25) is 12.1 Å². The van der Waals surface area contributed by atoms with E-state index in [1.165, 1.54) is 4.90 Å². The summed E-state index contributed by atoms with van der Waals surface area (Å²) in [5, 5.41) is 11.9. The zero-order valence-electron chi connectivity index (χ0n) is 20.2. The maximum atomic E-state index is 13.2. The third-order valence-corrected chi connectivity index (χ3v) is 5.22. The minimum atomic E-state index is -1.15. The van der Waals surface area contributed by atoms with E-state index in [2.05, 4.69) is 16.9 Å². The summed E-state index contributed by atoms with van der Waals surface area (Å²) in [5.41, 5.74) is 2.89. The highest BCUT2D eigenvalue weighted by molar-refractivity contribution is 6.20. The molecule has 0 aromatic heterocycles. The molecule has 0 saturated heterocycles. The summed E-state index contributed by atoms with van der Waals surface area (Å²) in [4.78, 5) is 43.5. The Labute approximate surface area is 201 Å². The molecule has 0 bridgehead atoms. The van der Waals surface area contributed by atoms with Crippen molar-refractivity contribution < 1.29 is 19.5 Å². The van der Waals surface area contributed by atoms with Crippen LogP contribution in [0.25, 0.3) is 0 Å². The van der Waals surface area contributed by atoms with Crippen molar-refractivity contribution in [1.82, 2.24) is 5.32 Å².